The summed E-state index contributed by atoms with van der Waals surface area (Å²) in [5, 5.41) is 9.62. The number of hydrogen-bond donors (Lipinski definition) is 0. The van der Waals surface area contributed by atoms with Crippen LogP contribution in [0.2, 0.25) is 0 Å². The summed E-state index contributed by atoms with van der Waals surface area (Å²) < 4.78 is 8.13. The predicted octanol–water partition coefficient (Wildman–Crippen LogP) is 2.92. The maximum absolute atomic E-state index is 13.4. The zero-order valence-electron chi connectivity index (χ0n) is 15.7. The highest BCUT2D eigenvalue weighted by Crippen LogP contribution is 2.25. The molecule has 0 aliphatic carbocycles. The van der Waals surface area contributed by atoms with Gasteiger partial charge in [-0.15, -0.1) is 10.2 Å². The third kappa shape index (κ3) is 2.86. The van der Waals surface area contributed by atoms with Crippen LogP contribution in [0.3, 0.4) is 0 Å². The van der Waals surface area contributed by atoms with E-state index in [1.165, 1.54) is 18.9 Å². The number of nitrogens with zero attached hydrogens (tertiary/aromatic N) is 4. The topological polar surface area (TPSA) is 78.5 Å². The van der Waals surface area contributed by atoms with Crippen molar-refractivity contribution >= 4 is 34.4 Å². The number of aromatic nitrogens is 4. The summed E-state index contributed by atoms with van der Waals surface area (Å²) in [7, 11) is 1.35. The highest BCUT2D eigenvalue weighted by atomic mass is 32.2. The van der Waals surface area contributed by atoms with Gasteiger partial charge in [-0.3, -0.25) is 14.0 Å². The van der Waals surface area contributed by atoms with E-state index in [0.29, 0.717) is 21.8 Å². The summed E-state index contributed by atoms with van der Waals surface area (Å²) in [6.45, 7) is 3.92. The second-order valence-corrected chi connectivity index (χ2v) is 7.32. The highest BCUT2D eigenvalue weighted by Gasteiger charge is 2.20. The predicted molar refractivity (Wildman–Crippen MR) is 108 cm³/mol. The molecule has 0 fully saturated rings. The Morgan fingerprint density at radius 2 is 1.79 bits per heavy atom. The molecule has 0 unspecified atom stereocenters. The molecule has 8 heteroatoms. The van der Waals surface area contributed by atoms with Crippen molar-refractivity contribution < 1.29 is 9.53 Å². The minimum absolute atomic E-state index is 0.105. The van der Waals surface area contributed by atoms with Gasteiger partial charge in [-0.2, -0.15) is 0 Å². The van der Waals surface area contributed by atoms with Gasteiger partial charge in [0.2, 0.25) is 5.78 Å². The van der Waals surface area contributed by atoms with Crippen molar-refractivity contribution in [3.8, 4) is 5.69 Å². The molecule has 0 aliphatic rings. The fraction of sp³-hybridized carbons (Fsp3) is 0.200. The van der Waals surface area contributed by atoms with Crippen LogP contribution in [0.1, 0.15) is 11.1 Å². The minimum Gasteiger partial charge on any atom is -0.468 e. The van der Waals surface area contributed by atoms with Crippen LogP contribution in [0.5, 0.6) is 0 Å². The van der Waals surface area contributed by atoms with Crippen LogP contribution in [-0.4, -0.2) is 38.0 Å². The van der Waals surface area contributed by atoms with Gasteiger partial charge in [0, 0.05) is 0 Å². The van der Waals surface area contributed by atoms with E-state index in [-0.39, 0.29) is 17.3 Å². The fourth-order valence-electron chi connectivity index (χ4n) is 3.31. The average molecular weight is 394 g/mol. The molecule has 0 amide bonds. The van der Waals surface area contributed by atoms with Gasteiger partial charge in [0.1, 0.15) is 0 Å². The van der Waals surface area contributed by atoms with Crippen molar-refractivity contribution in [1.29, 1.82) is 0 Å². The van der Waals surface area contributed by atoms with Crippen LogP contribution in [-0.2, 0) is 9.53 Å². The summed E-state index contributed by atoms with van der Waals surface area (Å²) in [6, 6.07) is 13.2. The van der Waals surface area contributed by atoms with Crippen molar-refractivity contribution in [2.75, 3.05) is 12.9 Å². The van der Waals surface area contributed by atoms with Crippen LogP contribution >= 0.6 is 11.8 Å². The number of benzene rings is 2. The minimum atomic E-state index is -0.353. The second kappa shape index (κ2) is 7.12. The third-order valence-electron chi connectivity index (χ3n) is 4.60. The second-order valence-electron chi connectivity index (χ2n) is 6.38. The number of ether oxygens (including phenoxy) is 1. The van der Waals surface area contributed by atoms with Crippen LogP contribution < -0.4 is 5.56 Å². The number of rotatable bonds is 4. The van der Waals surface area contributed by atoms with E-state index in [9.17, 15) is 9.59 Å². The first-order valence-corrected chi connectivity index (χ1v) is 9.66. The number of fused-ring (bicyclic) bond motifs is 3. The Kier molecular flexibility index (Phi) is 4.64. The molecule has 28 heavy (non-hydrogen) atoms. The monoisotopic (exact) mass is 394 g/mol. The summed E-state index contributed by atoms with van der Waals surface area (Å²) in [6.07, 6.45) is 0. The standard InChI is InChI=1S/C20H18N4O3S/c1-12-7-6-8-13(2)17(12)24-18(26)14-9-4-5-10-15(14)23-19(24)21-22-20(23)28-11-16(25)27-3/h4-10H,11H2,1-3H3. The Morgan fingerprint density at radius 3 is 2.50 bits per heavy atom. The number of hydrogen-bond acceptors (Lipinski definition) is 6. The van der Waals surface area contributed by atoms with E-state index in [2.05, 4.69) is 10.2 Å². The number of methoxy groups -OCH3 is 1. The first-order valence-electron chi connectivity index (χ1n) is 8.68. The molecule has 0 atom stereocenters. The fourth-order valence-corrected chi connectivity index (χ4v) is 4.09. The molecule has 0 bridgehead atoms. The Balaban J connectivity index is 2.08. The molecule has 4 rings (SSSR count). The lowest BCUT2D eigenvalue weighted by atomic mass is 10.1. The van der Waals surface area contributed by atoms with Crippen LogP contribution in [0.25, 0.3) is 22.4 Å². The zero-order chi connectivity index (χ0) is 19.8. The van der Waals surface area contributed by atoms with E-state index in [4.69, 9.17) is 4.74 Å². The molecule has 0 saturated carbocycles. The zero-order valence-corrected chi connectivity index (χ0v) is 16.5. The van der Waals surface area contributed by atoms with Crippen molar-refractivity contribution in [2.45, 2.75) is 19.0 Å². The Morgan fingerprint density at radius 1 is 1.07 bits per heavy atom. The summed E-state index contributed by atoms with van der Waals surface area (Å²) in [4.78, 5) is 25.0. The Hall–Kier alpha value is -3.13. The summed E-state index contributed by atoms with van der Waals surface area (Å²) in [5.41, 5.74) is 3.26. The number of carbonyl (C=O) groups excluding carboxylic acids is 1. The molecule has 2 aromatic carbocycles. The SMILES string of the molecule is COC(=O)CSc1nnc2n(-c3c(C)cccc3C)c(=O)c3ccccc3n12. The van der Waals surface area contributed by atoms with Gasteiger partial charge in [-0.25, -0.2) is 4.57 Å². The molecule has 7 nitrogen and oxygen atoms in total. The molecule has 0 radical (unpaired) electrons. The Bertz CT molecular complexity index is 1260. The molecule has 2 aromatic heterocycles. The normalized spacial score (nSPS) is 11.2. The third-order valence-corrected chi connectivity index (χ3v) is 5.51. The maximum atomic E-state index is 13.4. The lowest BCUT2D eigenvalue weighted by Gasteiger charge is -2.15. The number of aryl methyl sites for hydroxylation is 2. The van der Waals surface area contributed by atoms with Gasteiger partial charge in [0.25, 0.3) is 5.56 Å². The molecular weight excluding hydrogens is 376 g/mol. The van der Waals surface area contributed by atoms with Gasteiger partial charge < -0.3 is 4.74 Å². The lowest BCUT2D eigenvalue weighted by molar-refractivity contribution is -0.137. The van der Waals surface area contributed by atoms with E-state index in [0.717, 1.165) is 16.8 Å². The van der Waals surface area contributed by atoms with E-state index in [1.54, 1.807) is 10.6 Å². The number of esters is 1. The van der Waals surface area contributed by atoms with Crippen LogP contribution in [0.4, 0.5) is 0 Å². The average Bonchev–Trinajstić information content (AvgIpc) is 3.12. The van der Waals surface area contributed by atoms with Crippen LogP contribution in [0, 0.1) is 13.8 Å². The molecule has 2 heterocycles. The molecular formula is C20H18N4O3S. The molecule has 0 N–H and O–H groups in total. The number of thioether (sulfide) groups is 1. The smallest absolute Gasteiger partial charge is 0.316 e. The highest BCUT2D eigenvalue weighted by molar-refractivity contribution is 7.99. The van der Waals surface area contributed by atoms with E-state index >= 15 is 0 Å². The van der Waals surface area contributed by atoms with Gasteiger partial charge >= 0.3 is 5.97 Å². The van der Waals surface area contributed by atoms with Gasteiger partial charge in [-0.1, -0.05) is 42.1 Å². The van der Waals surface area contributed by atoms with Crippen molar-refractivity contribution in [1.82, 2.24) is 19.2 Å². The first kappa shape index (κ1) is 18.2. The van der Waals surface area contributed by atoms with Crippen LogP contribution in [0.15, 0.2) is 52.4 Å². The van der Waals surface area contributed by atoms with Gasteiger partial charge in [-0.05, 0) is 37.1 Å². The van der Waals surface area contributed by atoms with E-state index in [1.807, 2.05) is 54.6 Å². The molecule has 142 valence electrons. The maximum Gasteiger partial charge on any atom is 0.316 e. The molecule has 4 aromatic rings. The Labute approximate surface area is 165 Å². The number of carbonyl (C=O) groups is 1. The van der Waals surface area contributed by atoms with Crippen molar-refractivity contribution in [2.24, 2.45) is 0 Å². The van der Waals surface area contributed by atoms with Gasteiger partial charge in [0.05, 0.1) is 29.5 Å². The van der Waals surface area contributed by atoms with E-state index < -0.39 is 0 Å². The quantitative estimate of drug-likeness (QED) is 0.391. The summed E-state index contributed by atoms with van der Waals surface area (Å²) in [5.74, 6) is 0.163. The van der Waals surface area contributed by atoms with Gasteiger partial charge in [0.15, 0.2) is 5.16 Å². The first-order chi connectivity index (χ1) is 13.5. The molecule has 0 aliphatic heterocycles. The van der Waals surface area contributed by atoms with Crippen molar-refractivity contribution in [3.63, 3.8) is 0 Å². The lowest BCUT2D eigenvalue weighted by Crippen LogP contribution is -2.23. The molecule has 0 saturated heterocycles. The number of para-hydroxylation sites is 2. The summed E-state index contributed by atoms with van der Waals surface area (Å²) >= 11 is 1.22. The molecule has 0 spiro atoms. The van der Waals surface area contributed by atoms with Crippen molar-refractivity contribution in [3.05, 3.63) is 63.9 Å². The largest absolute Gasteiger partial charge is 0.468 e.